The Kier molecular flexibility index (Phi) is 5.41. The van der Waals surface area contributed by atoms with Crippen molar-refractivity contribution >= 4 is 30.4 Å². The first-order chi connectivity index (χ1) is 10.2. The molecule has 18 heteroatoms. The Morgan fingerprint density at radius 1 is 0.625 bits per heavy atom. The molecule has 0 aromatic carbocycles. The van der Waals surface area contributed by atoms with Gasteiger partial charge in [0, 0.05) is 0 Å². The van der Waals surface area contributed by atoms with E-state index in [1.807, 2.05) is 0 Å². The predicted molar refractivity (Wildman–Crippen MR) is 78.6 cm³/mol. The van der Waals surface area contributed by atoms with Gasteiger partial charge in [-0.25, -0.2) is 0 Å². The molecule has 0 amide bonds. The van der Waals surface area contributed by atoms with E-state index in [-0.39, 0.29) is 0 Å². The fourth-order valence-electron chi connectivity index (χ4n) is 3.39. The highest BCUT2D eigenvalue weighted by molar-refractivity contribution is 7.80. The van der Waals surface area contributed by atoms with Crippen LogP contribution >= 0.6 is 30.4 Å². The third-order valence-electron chi connectivity index (χ3n) is 4.13. The molecule has 1 aliphatic rings. The zero-order valence-electron chi connectivity index (χ0n) is 11.8. The first kappa shape index (κ1) is 22.6. The topological polar surface area (TPSA) is 282 Å². The number of hydrogen-bond acceptors (Lipinski definition) is 6. The molecule has 24 heavy (non-hydrogen) atoms. The van der Waals surface area contributed by atoms with E-state index in [0.29, 0.717) is 0 Å². The second-order valence-corrected chi connectivity index (χ2v) is 13.5. The van der Waals surface area contributed by atoms with Gasteiger partial charge in [0.05, 0.1) is 5.66 Å². The van der Waals surface area contributed by atoms with Crippen molar-refractivity contribution in [3.8, 4) is 0 Å². The molecule has 1 rings (SSSR count). The van der Waals surface area contributed by atoms with Gasteiger partial charge in [0.25, 0.3) is 0 Å². The summed E-state index contributed by atoms with van der Waals surface area (Å²) >= 11 is 0. The number of nitrogens with two attached hydrogens (primary N) is 2. The van der Waals surface area contributed by atoms with Gasteiger partial charge in [-0.2, -0.15) is 0 Å². The summed E-state index contributed by atoms with van der Waals surface area (Å²) < 4.78 is 48.0. The molecule has 0 heterocycles. The fraction of sp³-hybridized carbons (Fsp3) is 1.00. The van der Waals surface area contributed by atoms with Crippen molar-refractivity contribution in [2.75, 3.05) is 0 Å². The minimum atomic E-state index is -6.43. The van der Waals surface area contributed by atoms with Gasteiger partial charge in [0.1, 0.15) is 0 Å². The van der Waals surface area contributed by atoms with Crippen molar-refractivity contribution in [3.63, 3.8) is 0 Å². The van der Waals surface area contributed by atoms with Crippen LogP contribution in [0.4, 0.5) is 0 Å². The van der Waals surface area contributed by atoms with Crippen LogP contribution in [0.15, 0.2) is 0 Å². The Bertz CT molecular complexity index is 665. The van der Waals surface area contributed by atoms with Crippen LogP contribution in [-0.4, -0.2) is 54.6 Å². The van der Waals surface area contributed by atoms with Crippen molar-refractivity contribution < 1.29 is 57.4 Å². The lowest BCUT2D eigenvalue weighted by molar-refractivity contribution is 0.156. The average molecular weight is 434 g/mol. The third-order valence-corrected chi connectivity index (χ3v) is 14.3. The van der Waals surface area contributed by atoms with Crippen LogP contribution < -0.4 is 11.5 Å². The van der Waals surface area contributed by atoms with Crippen LogP contribution in [0.3, 0.4) is 0 Å². The minimum absolute atomic E-state index is 0.565. The quantitative estimate of drug-likeness (QED) is 0.167. The van der Waals surface area contributed by atoms with Gasteiger partial charge in [-0.15, -0.1) is 0 Å². The van der Waals surface area contributed by atoms with Crippen LogP contribution in [0.5, 0.6) is 0 Å². The van der Waals surface area contributed by atoms with E-state index in [1.165, 1.54) is 0 Å². The molecular formula is C6H18N2O12P4. The van der Waals surface area contributed by atoms with Crippen LogP contribution in [-0.2, 0) is 18.3 Å². The SMILES string of the molecule is NC1(N)CCCC(P(=O)(O)O)(P(=O)(O)O)C1(P(=O)(O)O)P(=O)(O)O. The maximum absolute atomic E-state index is 12.0. The van der Waals surface area contributed by atoms with E-state index >= 15 is 0 Å². The predicted octanol–water partition coefficient (Wildman–Crippen LogP) is -2.11. The first-order valence-electron chi connectivity index (χ1n) is 6.01. The lowest BCUT2D eigenvalue weighted by Gasteiger charge is -2.58. The smallest absolute Gasteiger partial charge is 0.324 e. The Balaban J connectivity index is 4.36. The molecule has 0 aromatic heterocycles. The summed E-state index contributed by atoms with van der Waals surface area (Å²) in [6, 6.07) is 0. The van der Waals surface area contributed by atoms with Crippen LogP contribution in [0.2, 0.25) is 0 Å². The summed E-state index contributed by atoms with van der Waals surface area (Å²) in [5, 5.41) is 0. The molecule has 0 aromatic rings. The van der Waals surface area contributed by atoms with E-state index in [2.05, 4.69) is 0 Å². The maximum Gasteiger partial charge on any atom is 0.349 e. The summed E-state index contributed by atoms with van der Waals surface area (Å²) in [6.07, 6.45) is -2.66. The highest BCUT2D eigenvalue weighted by Crippen LogP contribution is 2.90. The molecule has 0 radical (unpaired) electrons. The lowest BCUT2D eigenvalue weighted by atomic mass is 9.88. The Morgan fingerprint density at radius 2 is 0.958 bits per heavy atom. The largest absolute Gasteiger partial charge is 0.349 e. The van der Waals surface area contributed by atoms with Gasteiger partial charge in [-0.1, -0.05) is 0 Å². The van der Waals surface area contributed by atoms with Gasteiger partial charge in [-0.05, 0) is 19.3 Å². The fourth-order valence-corrected chi connectivity index (χ4v) is 13.8. The second-order valence-electron chi connectivity index (χ2n) is 5.56. The van der Waals surface area contributed by atoms with Crippen LogP contribution in [0.1, 0.15) is 19.3 Å². The monoisotopic (exact) mass is 434 g/mol. The molecule has 1 fully saturated rings. The van der Waals surface area contributed by atoms with Crippen LogP contribution in [0, 0.1) is 0 Å². The molecule has 1 aliphatic carbocycles. The van der Waals surface area contributed by atoms with E-state index in [9.17, 15) is 57.4 Å². The average Bonchev–Trinajstić information content (AvgIpc) is 2.19. The van der Waals surface area contributed by atoms with Crippen molar-refractivity contribution in [3.05, 3.63) is 0 Å². The van der Waals surface area contributed by atoms with E-state index in [4.69, 9.17) is 11.5 Å². The van der Waals surface area contributed by atoms with Crippen molar-refractivity contribution in [2.24, 2.45) is 11.5 Å². The molecule has 0 saturated heterocycles. The molecule has 12 N–H and O–H groups in total. The van der Waals surface area contributed by atoms with E-state index in [1.54, 1.807) is 0 Å². The molecule has 0 spiro atoms. The zero-order valence-corrected chi connectivity index (χ0v) is 15.4. The molecular weight excluding hydrogens is 416 g/mol. The highest BCUT2D eigenvalue weighted by atomic mass is 31.3. The minimum Gasteiger partial charge on any atom is -0.324 e. The second kappa shape index (κ2) is 5.76. The summed E-state index contributed by atoms with van der Waals surface area (Å²) in [7, 11) is -25.4. The Hall–Kier alpha value is 0.520. The molecule has 0 bridgehead atoms. The lowest BCUT2D eigenvalue weighted by Crippen LogP contribution is -2.76. The molecule has 0 aliphatic heterocycles. The Labute approximate surface area is 134 Å². The molecule has 1 saturated carbocycles. The summed E-state index contributed by atoms with van der Waals surface area (Å²) in [5.74, 6) is 0. The van der Waals surface area contributed by atoms with Gasteiger partial charge >= 0.3 is 30.4 Å². The molecule has 14 nitrogen and oxygen atoms in total. The standard InChI is InChI=1S/C6H18N2O12P4/c7-4(8)2-1-3-5(21(9,10)11,22(12,13)14)6(4,23(15,16)17)24(18,19)20/h1-3,7-8H2,(H2,9,10,11)(H2,12,13,14)(H2,15,16,17)(H2,18,19,20). The van der Waals surface area contributed by atoms with Crippen molar-refractivity contribution in [1.82, 2.24) is 0 Å². The van der Waals surface area contributed by atoms with E-state index < -0.39 is 65.1 Å². The zero-order chi connectivity index (χ0) is 19.6. The normalized spacial score (nSPS) is 24.6. The summed E-state index contributed by atoms with van der Waals surface area (Å²) in [5.41, 5.74) is 7.61. The van der Waals surface area contributed by atoms with E-state index in [0.717, 1.165) is 0 Å². The number of rotatable bonds is 4. The van der Waals surface area contributed by atoms with Gasteiger partial charge in [0.2, 0.25) is 9.79 Å². The molecule has 144 valence electrons. The van der Waals surface area contributed by atoms with Gasteiger partial charge < -0.3 is 50.6 Å². The summed E-state index contributed by atoms with van der Waals surface area (Å²) in [4.78, 5) is 68.0. The molecule has 0 atom stereocenters. The Morgan fingerprint density at radius 3 is 1.17 bits per heavy atom. The van der Waals surface area contributed by atoms with Gasteiger partial charge in [0.15, 0.2) is 0 Å². The highest BCUT2D eigenvalue weighted by Gasteiger charge is 2.89. The van der Waals surface area contributed by atoms with Crippen LogP contribution in [0.25, 0.3) is 0 Å². The maximum atomic E-state index is 12.0. The van der Waals surface area contributed by atoms with Crippen molar-refractivity contribution in [1.29, 1.82) is 0 Å². The third kappa shape index (κ3) is 2.67. The molecule has 0 unspecified atom stereocenters. The van der Waals surface area contributed by atoms with Gasteiger partial charge in [-0.3, -0.25) is 18.3 Å². The number of hydrogen-bond donors (Lipinski definition) is 10. The first-order valence-corrected chi connectivity index (χ1v) is 12.5. The van der Waals surface area contributed by atoms with Crippen molar-refractivity contribution in [2.45, 2.75) is 34.7 Å². The summed E-state index contributed by atoms with van der Waals surface area (Å²) in [6.45, 7) is 0.